The number of fused-ring (bicyclic) bond motifs is 1. The molecule has 0 saturated heterocycles. The molecule has 6 nitrogen and oxygen atoms in total. The van der Waals surface area contributed by atoms with E-state index in [-0.39, 0.29) is 18.4 Å². The summed E-state index contributed by atoms with van der Waals surface area (Å²) in [5.41, 5.74) is 0.0490. The minimum Gasteiger partial charge on any atom is -0.465 e. The summed E-state index contributed by atoms with van der Waals surface area (Å²) in [6, 6.07) is 13.4. The predicted octanol–water partition coefficient (Wildman–Crippen LogP) is 2.85. The summed E-state index contributed by atoms with van der Waals surface area (Å²) >= 11 is 0. The van der Waals surface area contributed by atoms with Gasteiger partial charge < -0.3 is 15.4 Å². The van der Waals surface area contributed by atoms with Gasteiger partial charge in [0, 0.05) is 5.69 Å². The highest BCUT2D eigenvalue weighted by molar-refractivity contribution is 6.02. The fraction of sp³-hybridized carbons (Fsp3) is 0.350. The lowest BCUT2D eigenvalue weighted by Crippen LogP contribution is -2.48. The molecule has 0 aromatic heterocycles. The van der Waals surface area contributed by atoms with Crippen LogP contribution in [0.25, 0.3) is 10.8 Å². The van der Waals surface area contributed by atoms with Crippen LogP contribution in [0.2, 0.25) is 0 Å². The first-order valence-corrected chi connectivity index (χ1v) is 8.54. The Morgan fingerprint density at radius 1 is 1.27 bits per heavy atom. The summed E-state index contributed by atoms with van der Waals surface area (Å²) in [6.07, 6.45) is 1.91. The maximum Gasteiger partial charge on any atom is 0.339 e. The summed E-state index contributed by atoms with van der Waals surface area (Å²) in [5, 5.41) is 17.0. The van der Waals surface area contributed by atoms with Crippen molar-refractivity contribution in [3.63, 3.8) is 0 Å². The number of hydrogen-bond acceptors (Lipinski definition) is 5. The molecular weight excluding hydrogens is 330 g/mol. The van der Waals surface area contributed by atoms with Crippen molar-refractivity contribution in [2.45, 2.75) is 25.3 Å². The molecule has 1 atom stereocenters. The maximum absolute atomic E-state index is 12.3. The molecule has 2 aromatic rings. The van der Waals surface area contributed by atoms with Gasteiger partial charge in [0.1, 0.15) is 5.54 Å². The van der Waals surface area contributed by atoms with E-state index in [1.54, 1.807) is 13.0 Å². The third-order valence-corrected chi connectivity index (χ3v) is 4.76. The van der Waals surface area contributed by atoms with Crippen molar-refractivity contribution in [3.05, 3.63) is 42.0 Å². The molecule has 1 fully saturated rings. The van der Waals surface area contributed by atoms with Gasteiger partial charge in [-0.05, 0) is 48.6 Å². The standard InChI is InChI=1S/C20H21N3O3/c1-20(12-21,15-7-8-15)23-18(24)11-22-17-10-14-6-4-3-5-13(14)9-16(17)19(25)26-2/h3-6,9-10,15,22H,7-8,11H2,1-2H3,(H,23,24)/t20-/m1/s1. The lowest BCUT2D eigenvalue weighted by molar-refractivity contribution is -0.120. The van der Waals surface area contributed by atoms with Crippen LogP contribution in [0.4, 0.5) is 5.69 Å². The van der Waals surface area contributed by atoms with Gasteiger partial charge in [0.2, 0.25) is 5.91 Å². The van der Waals surface area contributed by atoms with E-state index in [9.17, 15) is 14.9 Å². The topological polar surface area (TPSA) is 91.2 Å². The number of benzene rings is 2. The summed E-state index contributed by atoms with van der Waals surface area (Å²) in [7, 11) is 1.32. The molecule has 26 heavy (non-hydrogen) atoms. The quantitative estimate of drug-likeness (QED) is 0.781. The number of carbonyl (C=O) groups is 2. The maximum atomic E-state index is 12.3. The van der Waals surface area contributed by atoms with Crippen LogP contribution in [-0.4, -0.2) is 31.1 Å². The summed E-state index contributed by atoms with van der Waals surface area (Å²) in [5.74, 6) is -0.550. The number of carbonyl (C=O) groups excluding carboxylic acids is 2. The lowest BCUT2D eigenvalue weighted by atomic mass is 9.98. The van der Waals surface area contributed by atoms with Gasteiger partial charge in [-0.2, -0.15) is 5.26 Å². The molecule has 0 bridgehead atoms. The van der Waals surface area contributed by atoms with E-state index in [4.69, 9.17) is 4.74 Å². The Morgan fingerprint density at radius 3 is 2.50 bits per heavy atom. The molecule has 0 radical (unpaired) electrons. The number of anilines is 1. The van der Waals surface area contributed by atoms with Crippen LogP contribution < -0.4 is 10.6 Å². The molecule has 0 heterocycles. The molecule has 1 amide bonds. The number of nitrogens with zero attached hydrogens (tertiary/aromatic N) is 1. The number of nitriles is 1. The van der Waals surface area contributed by atoms with E-state index in [1.165, 1.54) is 7.11 Å². The van der Waals surface area contributed by atoms with Crippen molar-refractivity contribution in [2.24, 2.45) is 5.92 Å². The highest BCUT2D eigenvalue weighted by atomic mass is 16.5. The molecule has 1 aliphatic carbocycles. The Labute approximate surface area is 152 Å². The number of esters is 1. The van der Waals surface area contributed by atoms with Gasteiger partial charge in [-0.3, -0.25) is 4.79 Å². The van der Waals surface area contributed by atoms with Gasteiger partial charge in [0.15, 0.2) is 0 Å². The highest BCUT2D eigenvalue weighted by Crippen LogP contribution is 2.39. The molecule has 2 aromatic carbocycles. The van der Waals surface area contributed by atoms with Gasteiger partial charge in [-0.25, -0.2) is 4.79 Å². The molecule has 0 aliphatic heterocycles. The minimum absolute atomic E-state index is 0.0354. The zero-order valence-electron chi connectivity index (χ0n) is 14.8. The van der Waals surface area contributed by atoms with Crippen LogP contribution in [0, 0.1) is 17.2 Å². The van der Waals surface area contributed by atoms with E-state index < -0.39 is 11.5 Å². The van der Waals surface area contributed by atoms with E-state index in [0.29, 0.717) is 11.3 Å². The number of nitrogens with one attached hydrogen (secondary N) is 2. The lowest BCUT2D eigenvalue weighted by Gasteiger charge is -2.23. The van der Waals surface area contributed by atoms with Crippen molar-refractivity contribution < 1.29 is 14.3 Å². The molecule has 2 N–H and O–H groups in total. The Balaban J connectivity index is 1.78. The van der Waals surface area contributed by atoms with Crippen molar-refractivity contribution in [1.29, 1.82) is 5.26 Å². The number of amides is 1. The Kier molecular flexibility index (Phi) is 4.81. The SMILES string of the molecule is COC(=O)c1cc2ccccc2cc1NCC(=O)N[C@](C)(C#N)C1CC1. The number of ether oxygens (including phenoxy) is 1. The Hall–Kier alpha value is -3.07. The molecule has 0 unspecified atom stereocenters. The van der Waals surface area contributed by atoms with Crippen molar-refractivity contribution in [3.8, 4) is 6.07 Å². The zero-order chi connectivity index (χ0) is 18.7. The predicted molar refractivity (Wildman–Crippen MR) is 98.7 cm³/mol. The van der Waals surface area contributed by atoms with Crippen LogP contribution in [0.1, 0.15) is 30.1 Å². The second-order valence-corrected chi connectivity index (χ2v) is 6.73. The molecule has 6 heteroatoms. The first-order chi connectivity index (χ1) is 12.5. The van der Waals surface area contributed by atoms with Crippen LogP contribution in [0.5, 0.6) is 0 Å². The third-order valence-electron chi connectivity index (χ3n) is 4.76. The summed E-state index contributed by atoms with van der Waals surface area (Å²) in [4.78, 5) is 24.4. The summed E-state index contributed by atoms with van der Waals surface area (Å²) < 4.78 is 4.85. The van der Waals surface area contributed by atoms with Gasteiger partial charge in [-0.15, -0.1) is 0 Å². The van der Waals surface area contributed by atoms with E-state index >= 15 is 0 Å². The number of methoxy groups -OCH3 is 1. The molecule has 0 spiro atoms. The largest absolute Gasteiger partial charge is 0.465 e. The number of rotatable bonds is 6. The van der Waals surface area contributed by atoms with Crippen LogP contribution >= 0.6 is 0 Å². The first-order valence-electron chi connectivity index (χ1n) is 8.54. The smallest absolute Gasteiger partial charge is 0.339 e. The second kappa shape index (κ2) is 7.04. The van der Waals surface area contributed by atoms with Crippen LogP contribution in [-0.2, 0) is 9.53 Å². The fourth-order valence-electron chi connectivity index (χ4n) is 3.06. The first kappa shape index (κ1) is 17.7. The second-order valence-electron chi connectivity index (χ2n) is 6.73. The summed E-state index contributed by atoms with van der Waals surface area (Å²) in [6.45, 7) is 1.71. The fourth-order valence-corrected chi connectivity index (χ4v) is 3.06. The van der Waals surface area contributed by atoms with Crippen molar-refractivity contribution in [2.75, 3.05) is 19.0 Å². The van der Waals surface area contributed by atoms with Crippen molar-refractivity contribution in [1.82, 2.24) is 5.32 Å². The van der Waals surface area contributed by atoms with Gasteiger partial charge >= 0.3 is 5.97 Å². The van der Waals surface area contributed by atoms with Gasteiger partial charge in [0.25, 0.3) is 0 Å². The van der Waals surface area contributed by atoms with Gasteiger partial charge in [-0.1, -0.05) is 24.3 Å². The normalized spacial score (nSPS) is 15.6. The third kappa shape index (κ3) is 3.62. The zero-order valence-corrected chi connectivity index (χ0v) is 14.8. The van der Waals surface area contributed by atoms with Crippen LogP contribution in [0.15, 0.2) is 36.4 Å². The molecule has 134 valence electrons. The Morgan fingerprint density at radius 2 is 1.92 bits per heavy atom. The van der Waals surface area contributed by atoms with Gasteiger partial charge in [0.05, 0.1) is 25.3 Å². The van der Waals surface area contributed by atoms with E-state index in [2.05, 4.69) is 16.7 Å². The monoisotopic (exact) mass is 351 g/mol. The molecule has 1 aliphatic rings. The van der Waals surface area contributed by atoms with Crippen molar-refractivity contribution >= 4 is 28.3 Å². The highest BCUT2D eigenvalue weighted by Gasteiger charge is 2.42. The average Bonchev–Trinajstić information content (AvgIpc) is 3.50. The minimum atomic E-state index is -0.840. The van der Waals surface area contributed by atoms with E-state index in [1.807, 2.05) is 30.3 Å². The van der Waals surface area contributed by atoms with E-state index in [0.717, 1.165) is 23.6 Å². The van der Waals surface area contributed by atoms with Crippen LogP contribution in [0.3, 0.4) is 0 Å². The molecule has 3 rings (SSSR count). The molecule has 1 saturated carbocycles. The Bertz CT molecular complexity index is 899. The molecular formula is C20H21N3O3. The number of hydrogen-bond donors (Lipinski definition) is 2. The average molecular weight is 351 g/mol.